The van der Waals surface area contributed by atoms with Gasteiger partial charge in [0.05, 0.1) is 13.2 Å². The number of piperazine rings is 1. The van der Waals surface area contributed by atoms with Gasteiger partial charge in [-0.05, 0) is 52.4 Å². The number of fused-ring (bicyclic) bond motifs is 3. The minimum atomic E-state index is -0.0224. The number of nitrogens with zero attached hydrogens (tertiary/aromatic N) is 1. The van der Waals surface area contributed by atoms with Crippen molar-refractivity contribution in [2.45, 2.75) is 19.4 Å². The lowest BCUT2D eigenvalue weighted by Gasteiger charge is -2.34. The van der Waals surface area contributed by atoms with E-state index < -0.39 is 0 Å². The van der Waals surface area contributed by atoms with Gasteiger partial charge in [-0.1, -0.05) is 49.4 Å². The van der Waals surface area contributed by atoms with Crippen LogP contribution in [0.1, 0.15) is 40.9 Å². The van der Waals surface area contributed by atoms with Gasteiger partial charge >= 0.3 is 0 Å². The molecule has 0 bridgehead atoms. The van der Waals surface area contributed by atoms with E-state index in [1.807, 2.05) is 24.3 Å². The SMILES string of the molecule is CCCNC(=O)c1cc(-c2ccccc2OC)c2c(c1)C(N1CCNCC1)c1ccccc1-2. The van der Waals surface area contributed by atoms with Crippen LogP contribution in [0.4, 0.5) is 0 Å². The van der Waals surface area contributed by atoms with Gasteiger partial charge in [-0.25, -0.2) is 0 Å². The summed E-state index contributed by atoms with van der Waals surface area (Å²) in [4.78, 5) is 15.7. The van der Waals surface area contributed by atoms with Crippen molar-refractivity contribution < 1.29 is 9.53 Å². The van der Waals surface area contributed by atoms with Crippen LogP contribution in [0.5, 0.6) is 5.75 Å². The van der Waals surface area contributed by atoms with Crippen LogP contribution in [0.25, 0.3) is 22.3 Å². The summed E-state index contributed by atoms with van der Waals surface area (Å²) in [5.74, 6) is 0.791. The first kappa shape index (κ1) is 21.7. The van der Waals surface area contributed by atoms with Crippen molar-refractivity contribution in [2.24, 2.45) is 0 Å². The fourth-order valence-corrected chi connectivity index (χ4v) is 5.20. The van der Waals surface area contributed by atoms with Crippen molar-refractivity contribution in [1.29, 1.82) is 0 Å². The average molecular weight is 442 g/mol. The standard InChI is InChI=1S/C28H31N3O2/c1-3-12-30-28(32)19-17-23(20-8-6-7-11-25(20)33-2)26-21-9-4-5-10-22(21)27(24(26)18-19)31-15-13-29-14-16-31/h4-11,17-18,27,29H,3,12-16H2,1-2H3,(H,30,32). The first-order chi connectivity index (χ1) is 16.2. The number of hydrogen-bond donors (Lipinski definition) is 2. The summed E-state index contributed by atoms with van der Waals surface area (Å²) in [6, 6.07) is 21.1. The van der Waals surface area contributed by atoms with Crippen LogP contribution in [-0.2, 0) is 0 Å². The fourth-order valence-electron chi connectivity index (χ4n) is 5.20. The van der Waals surface area contributed by atoms with Crippen molar-refractivity contribution in [3.05, 3.63) is 77.4 Å². The molecule has 2 N–H and O–H groups in total. The maximum Gasteiger partial charge on any atom is 0.251 e. The van der Waals surface area contributed by atoms with Crippen LogP contribution in [-0.4, -0.2) is 50.6 Å². The number of carbonyl (C=O) groups excluding carboxylic acids is 1. The minimum absolute atomic E-state index is 0.0224. The van der Waals surface area contributed by atoms with Crippen LogP contribution in [0.15, 0.2) is 60.7 Å². The maximum atomic E-state index is 13.1. The molecule has 1 atom stereocenters. The predicted molar refractivity (Wildman–Crippen MR) is 133 cm³/mol. The van der Waals surface area contributed by atoms with Gasteiger partial charge in [0, 0.05) is 43.9 Å². The number of methoxy groups -OCH3 is 1. The number of para-hydroxylation sites is 1. The summed E-state index contributed by atoms with van der Waals surface area (Å²) in [6.07, 6.45) is 0.908. The Morgan fingerprint density at radius 1 is 1.00 bits per heavy atom. The van der Waals surface area contributed by atoms with E-state index in [0.29, 0.717) is 12.1 Å². The first-order valence-electron chi connectivity index (χ1n) is 11.9. The molecule has 0 spiro atoms. The maximum absolute atomic E-state index is 13.1. The van der Waals surface area contributed by atoms with Crippen molar-refractivity contribution in [3.8, 4) is 28.0 Å². The lowest BCUT2D eigenvalue weighted by atomic mass is 9.90. The van der Waals surface area contributed by atoms with Crippen molar-refractivity contribution in [3.63, 3.8) is 0 Å². The van der Waals surface area contributed by atoms with E-state index in [1.165, 1.54) is 22.3 Å². The van der Waals surface area contributed by atoms with E-state index >= 15 is 0 Å². The minimum Gasteiger partial charge on any atom is -0.496 e. The summed E-state index contributed by atoms with van der Waals surface area (Å²) in [7, 11) is 1.70. The molecule has 3 aromatic rings. The highest BCUT2D eigenvalue weighted by Gasteiger charge is 2.36. The molecule has 0 saturated carbocycles. The molecule has 1 heterocycles. The third-order valence-electron chi connectivity index (χ3n) is 6.70. The highest BCUT2D eigenvalue weighted by Crippen LogP contribution is 2.51. The Morgan fingerprint density at radius 2 is 1.73 bits per heavy atom. The van der Waals surface area contributed by atoms with Gasteiger partial charge < -0.3 is 15.4 Å². The van der Waals surface area contributed by atoms with Gasteiger partial charge in [0.1, 0.15) is 5.75 Å². The average Bonchev–Trinajstić information content (AvgIpc) is 3.21. The summed E-state index contributed by atoms with van der Waals surface area (Å²) < 4.78 is 5.74. The zero-order chi connectivity index (χ0) is 22.8. The van der Waals surface area contributed by atoms with Crippen molar-refractivity contribution in [1.82, 2.24) is 15.5 Å². The first-order valence-corrected chi connectivity index (χ1v) is 11.9. The second-order valence-corrected chi connectivity index (χ2v) is 8.72. The molecule has 1 fully saturated rings. The highest BCUT2D eigenvalue weighted by molar-refractivity contribution is 6.01. The Kier molecular flexibility index (Phi) is 6.16. The largest absolute Gasteiger partial charge is 0.496 e. The van der Waals surface area contributed by atoms with E-state index in [9.17, 15) is 4.79 Å². The summed E-state index contributed by atoms with van der Waals surface area (Å²) in [5, 5.41) is 6.54. The van der Waals surface area contributed by atoms with E-state index in [0.717, 1.165) is 49.5 Å². The van der Waals surface area contributed by atoms with Crippen molar-refractivity contribution in [2.75, 3.05) is 39.8 Å². The van der Waals surface area contributed by atoms with Gasteiger partial charge in [0.15, 0.2) is 0 Å². The topological polar surface area (TPSA) is 53.6 Å². The smallest absolute Gasteiger partial charge is 0.251 e. The Hall–Kier alpha value is -3.15. The zero-order valence-electron chi connectivity index (χ0n) is 19.4. The number of benzene rings is 3. The summed E-state index contributed by atoms with van der Waals surface area (Å²) >= 11 is 0. The van der Waals surface area contributed by atoms with Gasteiger partial charge in [-0.2, -0.15) is 0 Å². The number of carbonyl (C=O) groups is 1. The Labute approximate surface area is 195 Å². The number of amides is 1. The molecule has 170 valence electrons. The van der Waals surface area contributed by atoms with E-state index in [4.69, 9.17) is 4.74 Å². The van der Waals surface area contributed by atoms with E-state index in [-0.39, 0.29) is 11.9 Å². The third kappa shape index (κ3) is 3.92. The molecule has 1 unspecified atom stereocenters. The zero-order valence-corrected chi connectivity index (χ0v) is 19.4. The molecule has 1 aliphatic carbocycles. The normalized spacial score (nSPS) is 17.3. The number of hydrogen-bond acceptors (Lipinski definition) is 4. The molecule has 33 heavy (non-hydrogen) atoms. The van der Waals surface area contributed by atoms with E-state index in [1.54, 1.807) is 7.11 Å². The molecular weight excluding hydrogens is 410 g/mol. The molecule has 3 aromatic carbocycles. The number of ether oxygens (including phenoxy) is 1. The summed E-state index contributed by atoms with van der Waals surface area (Å²) in [5.41, 5.74) is 7.76. The molecule has 2 aliphatic rings. The van der Waals surface area contributed by atoms with Gasteiger partial charge in [-0.3, -0.25) is 9.69 Å². The number of nitrogens with one attached hydrogen (secondary N) is 2. The molecule has 1 aliphatic heterocycles. The van der Waals surface area contributed by atoms with Crippen molar-refractivity contribution >= 4 is 5.91 Å². The molecule has 1 amide bonds. The lowest BCUT2D eigenvalue weighted by Crippen LogP contribution is -2.45. The van der Waals surface area contributed by atoms with Crippen LogP contribution in [0.3, 0.4) is 0 Å². The molecule has 5 rings (SSSR count). The van der Waals surface area contributed by atoms with Gasteiger partial charge in [-0.15, -0.1) is 0 Å². The Bertz CT molecular complexity index is 1170. The Balaban J connectivity index is 1.75. The molecule has 5 heteroatoms. The monoisotopic (exact) mass is 441 g/mol. The van der Waals surface area contributed by atoms with E-state index in [2.05, 4.69) is 58.9 Å². The van der Waals surface area contributed by atoms with Crippen LogP contribution in [0.2, 0.25) is 0 Å². The molecule has 0 radical (unpaired) electrons. The van der Waals surface area contributed by atoms with Gasteiger partial charge in [0.25, 0.3) is 5.91 Å². The molecule has 0 aromatic heterocycles. The second kappa shape index (κ2) is 9.38. The fraction of sp³-hybridized carbons (Fsp3) is 0.321. The summed E-state index contributed by atoms with van der Waals surface area (Å²) in [6.45, 7) is 6.65. The molecule has 5 nitrogen and oxygen atoms in total. The van der Waals surface area contributed by atoms with Gasteiger partial charge in [0.2, 0.25) is 0 Å². The highest BCUT2D eigenvalue weighted by atomic mass is 16.5. The third-order valence-corrected chi connectivity index (χ3v) is 6.70. The quantitative estimate of drug-likeness (QED) is 0.592. The second-order valence-electron chi connectivity index (χ2n) is 8.72. The molecular formula is C28H31N3O2. The Morgan fingerprint density at radius 3 is 2.48 bits per heavy atom. The van der Waals surface area contributed by atoms with Crippen LogP contribution < -0.4 is 15.4 Å². The van der Waals surface area contributed by atoms with Crippen LogP contribution >= 0.6 is 0 Å². The molecule has 1 saturated heterocycles. The van der Waals surface area contributed by atoms with Crippen LogP contribution in [0, 0.1) is 0 Å². The predicted octanol–water partition coefficient (Wildman–Crippen LogP) is 4.48. The lowest BCUT2D eigenvalue weighted by molar-refractivity contribution is 0.0953. The number of rotatable bonds is 6.